The molecule has 0 heterocycles. The van der Waals surface area contributed by atoms with Crippen LogP contribution in [-0.4, -0.2) is 19.3 Å². The van der Waals surface area contributed by atoms with E-state index >= 15 is 0 Å². The molecule has 0 fully saturated rings. The fourth-order valence-corrected chi connectivity index (χ4v) is 1.57. The van der Waals surface area contributed by atoms with Crippen LogP contribution >= 0.6 is 0 Å². The summed E-state index contributed by atoms with van der Waals surface area (Å²) in [7, 11) is 1.12. The van der Waals surface area contributed by atoms with Crippen LogP contribution in [-0.2, 0) is 9.53 Å². The number of halogens is 3. The summed E-state index contributed by atoms with van der Waals surface area (Å²) < 4.78 is 41.9. The molecule has 5 heteroatoms. The number of alkyl halides is 3. The molecule has 0 aromatic rings. The molecule has 0 rings (SSSR count). The topological polar surface area (TPSA) is 26.3 Å². The number of hydrogen-bond acceptors (Lipinski definition) is 2. The van der Waals surface area contributed by atoms with E-state index in [1.54, 1.807) is 0 Å². The van der Waals surface area contributed by atoms with Gasteiger partial charge in [-0.15, -0.1) is 0 Å². The molecule has 0 bridgehead atoms. The Labute approximate surface area is 94.2 Å². The van der Waals surface area contributed by atoms with Crippen molar-refractivity contribution in [3.05, 3.63) is 0 Å². The van der Waals surface area contributed by atoms with E-state index < -0.39 is 24.0 Å². The highest BCUT2D eigenvalue weighted by atomic mass is 19.4. The van der Waals surface area contributed by atoms with Crippen LogP contribution in [0.4, 0.5) is 13.2 Å². The fourth-order valence-electron chi connectivity index (χ4n) is 1.57. The second kappa shape index (κ2) is 6.76. The van der Waals surface area contributed by atoms with Crippen LogP contribution in [0.3, 0.4) is 0 Å². The summed E-state index contributed by atoms with van der Waals surface area (Å²) in [6.07, 6.45) is -1.74. The van der Waals surface area contributed by atoms with Crippen LogP contribution in [0.5, 0.6) is 0 Å². The van der Waals surface area contributed by atoms with Gasteiger partial charge in [-0.3, -0.25) is 4.79 Å². The molecule has 0 spiro atoms. The van der Waals surface area contributed by atoms with Crippen LogP contribution in [0.1, 0.15) is 39.5 Å². The number of methoxy groups -OCH3 is 1. The third-order valence-corrected chi connectivity index (χ3v) is 2.74. The Morgan fingerprint density at radius 1 is 1.31 bits per heavy atom. The van der Waals surface area contributed by atoms with E-state index in [1.165, 1.54) is 0 Å². The minimum atomic E-state index is -4.34. The Morgan fingerprint density at radius 3 is 2.25 bits per heavy atom. The zero-order valence-electron chi connectivity index (χ0n) is 9.93. The first-order chi connectivity index (χ1) is 7.34. The van der Waals surface area contributed by atoms with Gasteiger partial charge in [0.25, 0.3) is 0 Å². The third kappa shape index (κ3) is 4.86. The summed E-state index contributed by atoms with van der Waals surface area (Å²) in [6, 6.07) is 0. The molecule has 16 heavy (non-hydrogen) atoms. The predicted molar refractivity (Wildman–Crippen MR) is 54.9 cm³/mol. The second-order valence-electron chi connectivity index (χ2n) is 3.96. The van der Waals surface area contributed by atoms with Crippen molar-refractivity contribution in [2.45, 2.75) is 45.7 Å². The summed E-state index contributed by atoms with van der Waals surface area (Å²) in [6.45, 7) is 2.99. The van der Waals surface area contributed by atoms with E-state index in [2.05, 4.69) is 4.74 Å². The maximum Gasteiger partial charge on any atom is 0.392 e. The quantitative estimate of drug-likeness (QED) is 0.524. The van der Waals surface area contributed by atoms with Gasteiger partial charge in [-0.25, -0.2) is 0 Å². The van der Waals surface area contributed by atoms with Crippen molar-refractivity contribution in [3.8, 4) is 0 Å². The first-order valence-corrected chi connectivity index (χ1v) is 5.49. The maximum absolute atomic E-state index is 12.5. The molecule has 96 valence electrons. The molecular formula is C11H19F3O2. The molecule has 0 aromatic carbocycles. The normalized spacial score (nSPS) is 15.6. The number of unbranched alkanes of at least 4 members (excludes halogenated alkanes) is 2. The molecular weight excluding hydrogens is 221 g/mol. The summed E-state index contributed by atoms with van der Waals surface area (Å²) in [5, 5.41) is 0. The molecule has 2 nitrogen and oxygen atoms in total. The molecule has 0 aliphatic rings. The first kappa shape index (κ1) is 15.3. The SMILES string of the molecule is CCCCCC(C(=O)OC)C(C)C(F)(F)F. The monoisotopic (exact) mass is 240 g/mol. The molecule has 0 aromatic heterocycles. The molecule has 0 aliphatic heterocycles. The molecule has 0 amide bonds. The number of ether oxygens (including phenoxy) is 1. The minimum absolute atomic E-state index is 0.237. The van der Waals surface area contributed by atoms with E-state index in [0.29, 0.717) is 6.42 Å². The molecule has 0 saturated carbocycles. The van der Waals surface area contributed by atoms with Gasteiger partial charge >= 0.3 is 12.1 Å². The Kier molecular flexibility index (Phi) is 6.45. The van der Waals surface area contributed by atoms with Crippen LogP contribution < -0.4 is 0 Å². The van der Waals surface area contributed by atoms with E-state index in [-0.39, 0.29) is 6.42 Å². The average Bonchev–Trinajstić information content (AvgIpc) is 2.21. The van der Waals surface area contributed by atoms with Crippen molar-refractivity contribution in [3.63, 3.8) is 0 Å². The lowest BCUT2D eigenvalue weighted by Gasteiger charge is -2.23. The van der Waals surface area contributed by atoms with Gasteiger partial charge in [0.05, 0.1) is 18.9 Å². The largest absolute Gasteiger partial charge is 0.469 e. The molecule has 0 N–H and O–H groups in total. The highest BCUT2D eigenvalue weighted by molar-refractivity contribution is 5.72. The smallest absolute Gasteiger partial charge is 0.392 e. The van der Waals surface area contributed by atoms with Crippen molar-refractivity contribution in [1.82, 2.24) is 0 Å². The van der Waals surface area contributed by atoms with Crippen LogP contribution in [0.2, 0.25) is 0 Å². The Bertz CT molecular complexity index is 214. The number of hydrogen-bond donors (Lipinski definition) is 0. The summed E-state index contributed by atoms with van der Waals surface area (Å²) >= 11 is 0. The van der Waals surface area contributed by atoms with Crippen LogP contribution in [0.15, 0.2) is 0 Å². The van der Waals surface area contributed by atoms with E-state index in [9.17, 15) is 18.0 Å². The van der Waals surface area contributed by atoms with E-state index in [1.807, 2.05) is 6.92 Å². The highest BCUT2D eigenvalue weighted by Gasteiger charge is 2.44. The molecule has 2 unspecified atom stereocenters. The van der Waals surface area contributed by atoms with Crippen LogP contribution in [0.25, 0.3) is 0 Å². The minimum Gasteiger partial charge on any atom is -0.469 e. The van der Waals surface area contributed by atoms with E-state index in [0.717, 1.165) is 26.9 Å². The van der Waals surface area contributed by atoms with Gasteiger partial charge in [0.15, 0.2) is 0 Å². The fraction of sp³-hybridized carbons (Fsp3) is 0.909. The number of rotatable bonds is 6. The Hall–Kier alpha value is -0.740. The summed E-state index contributed by atoms with van der Waals surface area (Å²) in [5.74, 6) is -3.48. The second-order valence-corrected chi connectivity index (χ2v) is 3.96. The predicted octanol–water partition coefficient (Wildman–Crippen LogP) is 3.55. The van der Waals surface area contributed by atoms with Gasteiger partial charge in [-0.1, -0.05) is 33.1 Å². The summed E-state index contributed by atoms with van der Waals surface area (Å²) in [5.41, 5.74) is 0. The number of carbonyl (C=O) groups is 1. The van der Waals surface area contributed by atoms with E-state index in [4.69, 9.17) is 0 Å². The zero-order valence-corrected chi connectivity index (χ0v) is 9.93. The molecule has 0 aliphatic carbocycles. The van der Waals surface area contributed by atoms with Gasteiger partial charge in [-0.2, -0.15) is 13.2 Å². The summed E-state index contributed by atoms with van der Waals surface area (Å²) in [4.78, 5) is 11.3. The standard InChI is InChI=1S/C11H19F3O2/c1-4-5-6-7-9(10(15)16-3)8(2)11(12,13)14/h8-9H,4-7H2,1-3H3. The van der Waals surface area contributed by atoms with Gasteiger partial charge < -0.3 is 4.74 Å². The average molecular weight is 240 g/mol. The lowest BCUT2D eigenvalue weighted by molar-refractivity contribution is -0.193. The maximum atomic E-state index is 12.5. The lowest BCUT2D eigenvalue weighted by Crippen LogP contribution is -2.33. The Balaban J connectivity index is 4.48. The Morgan fingerprint density at radius 2 is 1.88 bits per heavy atom. The third-order valence-electron chi connectivity index (χ3n) is 2.74. The van der Waals surface area contributed by atoms with Gasteiger partial charge in [0.1, 0.15) is 0 Å². The molecule has 0 radical (unpaired) electrons. The first-order valence-electron chi connectivity index (χ1n) is 5.49. The van der Waals surface area contributed by atoms with Crippen molar-refractivity contribution in [2.75, 3.05) is 7.11 Å². The van der Waals surface area contributed by atoms with Crippen molar-refractivity contribution in [1.29, 1.82) is 0 Å². The molecule has 2 atom stereocenters. The van der Waals surface area contributed by atoms with Crippen molar-refractivity contribution < 1.29 is 22.7 Å². The number of esters is 1. The number of carbonyl (C=O) groups excluding carboxylic acids is 1. The molecule has 0 saturated heterocycles. The van der Waals surface area contributed by atoms with Crippen LogP contribution in [0, 0.1) is 11.8 Å². The van der Waals surface area contributed by atoms with Gasteiger partial charge in [0, 0.05) is 0 Å². The lowest BCUT2D eigenvalue weighted by atomic mass is 9.88. The highest BCUT2D eigenvalue weighted by Crippen LogP contribution is 2.34. The van der Waals surface area contributed by atoms with Gasteiger partial charge in [0.2, 0.25) is 0 Å². The van der Waals surface area contributed by atoms with Crippen molar-refractivity contribution in [2.24, 2.45) is 11.8 Å². The zero-order chi connectivity index (χ0) is 12.8. The van der Waals surface area contributed by atoms with Gasteiger partial charge in [-0.05, 0) is 6.42 Å². The van der Waals surface area contributed by atoms with Crippen molar-refractivity contribution >= 4 is 5.97 Å².